The van der Waals surface area contributed by atoms with Gasteiger partial charge in [-0.05, 0) is 6.42 Å². The summed E-state index contributed by atoms with van der Waals surface area (Å²) in [6.45, 7) is 0.858. The average molecular weight is 230 g/mol. The molecule has 0 aromatic carbocycles. The molecule has 2 rings (SSSR count). The van der Waals surface area contributed by atoms with Crippen LogP contribution >= 0.6 is 0 Å². The van der Waals surface area contributed by atoms with E-state index in [-0.39, 0.29) is 0 Å². The molecule has 6 nitrogen and oxygen atoms in total. The van der Waals surface area contributed by atoms with Gasteiger partial charge in [0.05, 0.1) is 18.5 Å². The van der Waals surface area contributed by atoms with Gasteiger partial charge in [-0.15, -0.1) is 0 Å². The molecule has 7 heteroatoms. The Labute approximate surface area is 88.7 Å². The maximum atomic E-state index is 11.4. The molecule has 1 aliphatic heterocycles. The molecule has 0 saturated heterocycles. The molecule has 0 radical (unpaired) electrons. The number of aryl methyl sites for hydroxylation is 1. The average Bonchev–Trinajstić information content (AvgIpc) is 2.41. The van der Waals surface area contributed by atoms with Gasteiger partial charge in [-0.25, -0.2) is 8.42 Å². The van der Waals surface area contributed by atoms with Crippen LogP contribution in [0.5, 0.6) is 0 Å². The Morgan fingerprint density at radius 2 is 2.13 bits per heavy atom. The number of nitrogens with zero attached hydrogens (tertiary/aromatic N) is 3. The molecule has 0 atom stereocenters. The second-order valence-corrected chi connectivity index (χ2v) is 5.76. The largest absolute Gasteiger partial charge is 0.382 e. The summed E-state index contributed by atoms with van der Waals surface area (Å²) >= 11 is 0. The molecule has 0 saturated carbocycles. The summed E-state index contributed by atoms with van der Waals surface area (Å²) in [5.74, 6) is 0.514. The second-order valence-electron chi connectivity index (χ2n) is 3.78. The topological polar surface area (TPSA) is 81.2 Å². The van der Waals surface area contributed by atoms with E-state index in [1.807, 2.05) is 0 Å². The lowest BCUT2D eigenvalue weighted by atomic mass is 10.1. The molecule has 2 heterocycles. The van der Waals surface area contributed by atoms with Crippen molar-refractivity contribution in [3.63, 3.8) is 0 Å². The first-order valence-corrected chi connectivity index (χ1v) is 6.50. The molecule has 0 amide bonds. The van der Waals surface area contributed by atoms with Gasteiger partial charge in [0.15, 0.2) is 0 Å². The van der Waals surface area contributed by atoms with Crippen LogP contribution in [0.15, 0.2) is 0 Å². The highest BCUT2D eigenvalue weighted by Gasteiger charge is 2.27. The third-order valence-electron chi connectivity index (χ3n) is 2.71. The number of aromatic nitrogens is 2. The van der Waals surface area contributed by atoms with Crippen LogP contribution in [0.25, 0.3) is 0 Å². The molecule has 15 heavy (non-hydrogen) atoms. The quantitative estimate of drug-likeness (QED) is 0.693. The summed E-state index contributed by atoms with van der Waals surface area (Å²) in [4.78, 5) is 0. The van der Waals surface area contributed by atoms with E-state index in [0.717, 1.165) is 11.3 Å². The number of nitrogens with two attached hydrogens (primary N) is 1. The molecule has 0 bridgehead atoms. The van der Waals surface area contributed by atoms with Crippen molar-refractivity contribution in [1.29, 1.82) is 0 Å². The van der Waals surface area contributed by atoms with Crippen molar-refractivity contribution in [2.45, 2.75) is 13.0 Å². The van der Waals surface area contributed by atoms with Gasteiger partial charge in [0, 0.05) is 19.2 Å². The van der Waals surface area contributed by atoms with E-state index in [2.05, 4.69) is 5.10 Å². The highest BCUT2D eigenvalue weighted by Crippen LogP contribution is 2.24. The predicted octanol–water partition coefficient (Wildman–Crippen LogP) is -0.680. The van der Waals surface area contributed by atoms with Crippen LogP contribution in [0.1, 0.15) is 11.3 Å². The number of fused-ring (bicyclic) bond motifs is 1. The summed E-state index contributed by atoms with van der Waals surface area (Å²) in [5.41, 5.74) is 7.59. The number of hydrogen-bond donors (Lipinski definition) is 1. The Balaban J connectivity index is 2.39. The lowest BCUT2D eigenvalue weighted by Crippen LogP contribution is -2.35. The van der Waals surface area contributed by atoms with E-state index in [1.54, 1.807) is 11.7 Å². The summed E-state index contributed by atoms with van der Waals surface area (Å²) in [6.07, 6.45) is 1.86. The van der Waals surface area contributed by atoms with Crippen molar-refractivity contribution < 1.29 is 8.42 Å². The molecule has 1 aliphatic rings. The van der Waals surface area contributed by atoms with E-state index >= 15 is 0 Å². The zero-order valence-corrected chi connectivity index (χ0v) is 9.58. The van der Waals surface area contributed by atoms with Crippen molar-refractivity contribution in [1.82, 2.24) is 14.1 Å². The molecule has 84 valence electrons. The van der Waals surface area contributed by atoms with Gasteiger partial charge in [-0.1, -0.05) is 0 Å². The third-order valence-corrected chi connectivity index (χ3v) is 3.96. The minimum Gasteiger partial charge on any atom is -0.382 e. The number of nitrogen functional groups attached to an aromatic ring is 1. The van der Waals surface area contributed by atoms with Gasteiger partial charge in [-0.2, -0.15) is 9.40 Å². The molecular formula is C8H14N4O2S. The number of rotatable bonds is 1. The van der Waals surface area contributed by atoms with Gasteiger partial charge in [0.1, 0.15) is 5.82 Å². The molecule has 0 fully saturated rings. The monoisotopic (exact) mass is 230 g/mol. The fourth-order valence-electron chi connectivity index (χ4n) is 1.86. The first-order chi connectivity index (χ1) is 6.89. The van der Waals surface area contributed by atoms with Gasteiger partial charge < -0.3 is 5.73 Å². The van der Waals surface area contributed by atoms with Gasteiger partial charge >= 0.3 is 0 Å². The van der Waals surface area contributed by atoms with E-state index in [0.29, 0.717) is 25.3 Å². The van der Waals surface area contributed by atoms with Gasteiger partial charge in [-0.3, -0.25) is 4.68 Å². The van der Waals surface area contributed by atoms with Crippen LogP contribution in [0.2, 0.25) is 0 Å². The lowest BCUT2D eigenvalue weighted by Gasteiger charge is -2.24. The molecule has 0 unspecified atom stereocenters. The van der Waals surface area contributed by atoms with Crippen molar-refractivity contribution in [2.24, 2.45) is 7.05 Å². The van der Waals surface area contributed by atoms with Crippen molar-refractivity contribution >= 4 is 15.8 Å². The van der Waals surface area contributed by atoms with E-state index in [1.165, 1.54) is 10.6 Å². The highest BCUT2D eigenvalue weighted by atomic mass is 32.2. The van der Waals surface area contributed by atoms with E-state index in [9.17, 15) is 8.42 Å². The Morgan fingerprint density at radius 3 is 2.73 bits per heavy atom. The summed E-state index contributed by atoms with van der Waals surface area (Å²) in [7, 11) is -1.35. The molecule has 1 aromatic rings. The molecular weight excluding hydrogens is 216 g/mol. The summed E-state index contributed by atoms with van der Waals surface area (Å²) in [5, 5.41) is 4.08. The maximum absolute atomic E-state index is 11.4. The van der Waals surface area contributed by atoms with E-state index in [4.69, 9.17) is 5.73 Å². The fraction of sp³-hybridized carbons (Fsp3) is 0.625. The molecule has 0 spiro atoms. The van der Waals surface area contributed by atoms with Crippen LogP contribution < -0.4 is 5.73 Å². The standard InChI is InChI=1S/C8H14N4O2S/c1-11-7-5-12(15(2,13)14)4-3-6(7)8(9)10-11/h3-5H2,1-2H3,(H2,9,10). The van der Waals surface area contributed by atoms with Crippen molar-refractivity contribution in [3.8, 4) is 0 Å². The number of anilines is 1. The molecule has 1 aromatic heterocycles. The zero-order valence-electron chi connectivity index (χ0n) is 8.77. The molecule has 0 aliphatic carbocycles. The SMILES string of the molecule is Cn1nc(N)c2c1CN(S(C)(=O)=O)CC2. The second kappa shape index (κ2) is 3.21. The smallest absolute Gasteiger partial charge is 0.211 e. The number of hydrogen-bond acceptors (Lipinski definition) is 4. The normalized spacial score (nSPS) is 17.7. The fourth-order valence-corrected chi connectivity index (χ4v) is 2.64. The van der Waals surface area contributed by atoms with Gasteiger partial charge in [0.25, 0.3) is 0 Å². The van der Waals surface area contributed by atoms with Crippen molar-refractivity contribution in [3.05, 3.63) is 11.3 Å². The van der Waals surface area contributed by atoms with Crippen LogP contribution in [-0.2, 0) is 30.0 Å². The maximum Gasteiger partial charge on any atom is 0.211 e. The lowest BCUT2D eigenvalue weighted by molar-refractivity contribution is 0.383. The van der Waals surface area contributed by atoms with Crippen LogP contribution in [0, 0.1) is 0 Å². The number of sulfonamides is 1. The van der Waals surface area contributed by atoms with E-state index < -0.39 is 10.0 Å². The Kier molecular flexibility index (Phi) is 2.23. The minimum atomic E-state index is -3.12. The Hall–Kier alpha value is -1.08. The zero-order chi connectivity index (χ0) is 11.2. The summed E-state index contributed by atoms with van der Waals surface area (Å²) in [6, 6.07) is 0. The first kappa shape index (κ1) is 10.4. The van der Waals surface area contributed by atoms with Crippen molar-refractivity contribution in [2.75, 3.05) is 18.5 Å². The molecule has 2 N–H and O–H groups in total. The third kappa shape index (κ3) is 1.72. The van der Waals surface area contributed by atoms with Crippen LogP contribution in [0.3, 0.4) is 0 Å². The minimum absolute atomic E-state index is 0.370. The highest BCUT2D eigenvalue weighted by molar-refractivity contribution is 7.88. The Morgan fingerprint density at radius 1 is 1.47 bits per heavy atom. The van der Waals surface area contributed by atoms with Crippen LogP contribution in [0.4, 0.5) is 5.82 Å². The predicted molar refractivity (Wildman–Crippen MR) is 56.6 cm³/mol. The first-order valence-electron chi connectivity index (χ1n) is 4.65. The summed E-state index contributed by atoms with van der Waals surface area (Å²) < 4.78 is 25.9. The van der Waals surface area contributed by atoms with Crippen LogP contribution in [-0.4, -0.2) is 35.3 Å². The van der Waals surface area contributed by atoms with Gasteiger partial charge in [0.2, 0.25) is 10.0 Å². The Bertz CT molecular complexity index is 491.